The van der Waals surface area contributed by atoms with Crippen LogP contribution in [0.1, 0.15) is 29.6 Å². The maximum absolute atomic E-state index is 13.3. The van der Waals surface area contributed by atoms with E-state index in [0.717, 1.165) is 46.9 Å². The number of nitrogens with zero attached hydrogens (tertiary/aromatic N) is 1. The van der Waals surface area contributed by atoms with Gasteiger partial charge in [-0.2, -0.15) is 0 Å². The summed E-state index contributed by atoms with van der Waals surface area (Å²) in [6, 6.07) is 18.1. The van der Waals surface area contributed by atoms with Crippen molar-refractivity contribution in [3.05, 3.63) is 78.5 Å². The minimum absolute atomic E-state index is 0.0602. The third-order valence-corrected chi connectivity index (χ3v) is 4.73. The van der Waals surface area contributed by atoms with E-state index in [2.05, 4.69) is 17.1 Å². The molecule has 24 heavy (non-hydrogen) atoms. The normalized spacial score (nSPS) is 17.1. The fourth-order valence-corrected chi connectivity index (χ4v) is 3.46. The lowest BCUT2D eigenvalue weighted by Gasteiger charge is -2.19. The van der Waals surface area contributed by atoms with Crippen LogP contribution < -0.4 is 0 Å². The van der Waals surface area contributed by atoms with Crippen molar-refractivity contribution in [2.75, 3.05) is 0 Å². The van der Waals surface area contributed by atoms with Gasteiger partial charge in [-0.3, -0.25) is 9.78 Å². The van der Waals surface area contributed by atoms with Crippen LogP contribution in [-0.2, 0) is 0 Å². The molecule has 118 valence electrons. The third kappa shape index (κ3) is 2.65. The van der Waals surface area contributed by atoms with E-state index in [0.29, 0.717) is 0 Å². The second-order valence-corrected chi connectivity index (χ2v) is 6.28. The van der Waals surface area contributed by atoms with E-state index < -0.39 is 0 Å². The first-order valence-electron chi connectivity index (χ1n) is 8.47. The molecular weight excluding hydrogens is 294 g/mol. The monoisotopic (exact) mass is 313 g/mol. The number of hydrogen-bond acceptors (Lipinski definition) is 2. The number of aromatic nitrogens is 1. The molecule has 3 aromatic rings. The fourth-order valence-electron chi connectivity index (χ4n) is 3.46. The van der Waals surface area contributed by atoms with Crippen molar-refractivity contribution in [1.82, 2.24) is 4.98 Å². The summed E-state index contributed by atoms with van der Waals surface area (Å²) in [4.78, 5) is 18.0. The van der Waals surface area contributed by atoms with Crippen LogP contribution in [0, 0.1) is 5.92 Å². The highest BCUT2D eigenvalue weighted by molar-refractivity contribution is 6.13. The number of pyridine rings is 1. The van der Waals surface area contributed by atoms with Crippen molar-refractivity contribution in [3.63, 3.8) is 0 Å². The Morgan fingerprint density at radius 1 is 0.958 bits per heavy atom. The average molecular weight is 313 g/mol. The van der Waals surface area contributed by atoms with Gasteiger partial charge in [0.1, 0.15) is 0 Å². The van der Waals surface area contributed by atoms with Crippen LogP contribution in [0.25, 0.3) is 22.0 Å². The Labute approximate surface area is 141 Å². The summed E-state index contributed by atoms with van der Waals surface area (Å²) in [5.74, 6) is 0.285. The molecular formula is C22H19NO. The largest absolute Gasteiger partial charge is 0.294 e. The SMILES string of the molecule is O=C(c1c(-c2ccccc2)ncc2ccccc12)C1CC=CCC1. The first-order valence-corrected chi connectivity index (χ1v) is 8.47. The second-order valence-electron chi connectivity index (χ2n) is 6.28. The Morgan fingerprint density at radius 2 is 1.75 bits per heavy atom. The molecule has 1 aliphatic carbocycles. The predicted molar refractivity (Wildman–Crippen MR) is 98.0 cm³/mol. The standard InChI is InChI=1S/C22H19NO/c24-22(17-11-5-2-6-12-17)20-19-14-8-7-13-18(19)15-23-21(20)16-9-3-1-4-10-16/h1-5,7-10,13-15,17H,6,11-12H2. The minimum atomic E-state index is 0.0602. The molecule has 1 atom stereocenters. The molecule has 2 aromatic carbocycles. The molecule has 1 unspecified atom stereocenters. The minimum Gasteiger partial charge on any atom is -0.294 e. The molecule has 0 fully saturated rings. The topological polar surface area (TPSA) is 30.0 Å². The third-order valence-electron chi connectivity index (χ3n) is 4.73. The first kappa shape index (κ1) is 14.8. The highest BCUT2D eigenvalue weighted by Gasteiger charge is 2.25. The van der Waals surface area contributed by atoms with Gasteiger partial charge in [0.25, 0.3) is 0 Å². The second kappa shape index (κ2) is 6.40. The molecule has 0 spiro atoms. The molecule has 0 aliphatic heterocycles. The summed E-state index contributed by atoms with van der Waals surface area (Å²) < 4.78 is 0. The number of carbonyl (C=O) groups is 1. The van der Waals surface area contributed by atoms with Gasteiger partial charge >= 0.3 is 0 Å². The fraction of sp³-hybridized carbons (Fsp3) is 0.182. The van der Waals surface area contributed by atoms with E-state index in [1.54, 1.807) is 0 Å². The van der Waals surface area contributed by atoms with E-state index in [1.807, 2.05) is 60.8 Å². The van der Waals surface area contributed by atoms with Crippen molar-refractivity contribution < 1.29 is 4.79 Å². The van der Waals surface area contributed by atoms with E-state index in [1.165, 1.54) is 0 Å². The van der Waals surface area contributed by atoms with Gasteiger partial charge in [-0.25, -0.2) is 0 Å². The molecule has 0 saturated heterocycles. The summed E-state index contributed by atoms with van der Waals surface area (Å²) in [6.07, 6.45) is 8.91. The summed E-state index contributed by atoms with van der Waals surface area (Å²) in [5.41, 5.74) is 2.58. The summed E-state index contributed by atoms with van der Waals surface area (Å²) in [5, 5.41) is 2.03. The Morgan fingerprint density at radius 3 is 2.54 bits per heavy atom. The highest BCUT2D eigenvalue weighted by Crippen LogP contribution is 2.32. The van der Waals surface area contributed by atoms with Crippen molar-refractivity contribution in [2.24, 2.45) is 5.92 Å². The molecule has 0 N–H and O–H groups in total. The highest BCUT2D eigenvalue weighted by atomic mass is 16.1. The Balaban J connectivity index is 1.93. The number of benzene rings is 2. The number of carbonyl (C=O) groups excluding carboxylic acids is 1. The Hall–Kier alpha value is -2.74. The van der Waals surface area contributed by atoms with Gasteiger partial charge in [-0.15, -0.1) is 0 Å². The lowest BCUT2D eigenvalue weighted by atomic mass is 9.84. The summed E-state index contributed by atoms with van der Waals surface area (Å²) in [6.45, 7) is 0. The van der Waals surface area contributed by atoms with Crippen molar-refractivity contribution >= 4 is 16.6 Å². The van der Waals surface area contributed by atoms with Gasteiger partial charge in [-0.05, 0) is 24.6 Å². The number of hydrogen-bond donors (Lipinski definition) is 0. The van der Waals surface area contributed by atoms with Gasteiger partial charge in [0.15, 0.2) is 5.78 Å². The van der Waals surface area contributed by atoms with Crippen LogP contribution in [0.4, 0.5) is 0 Å². The zero-order valence-electron chi connectivity index (χ0n) is 13.5. The average Bonchev–Trinajstić information content (AvgIpc) is 2.68. The lowest BCUT2D eigenvalue weighted by Crippen LogP contribution is -2.17. The molecule has 4 rings (SSSR count). The van der Waals surface area contributed by atoms with Gasteiger partial charge in [0.2, 0.25) is 0 Å². The number of Topliss-reactive ketones (excluding diaryl/α,β-unsaturated/α-hetero) is 1. The lowest BCUT2D eigenvalue weighted by molar-refractivity contribution is 0.0914. The van der Waals surface area contributed by atoms with Gasteiger partial charge in [0.05, 0.1) is 11.3 Å². The van der Waals surface area contributed by atoms with Crippen LogP contribution in [0.3, 0.4) is 0 Å². The molecule has 0 bridgehead atoms. The molecule has 2 nitrogen and oxygen atoms in total. The van der Waals surface area contributed by atoms with E-state index in [-0.39, 0.29) is 11.7 Å². The van der Waals surface area contributed by atoms with Gasteiger partial charge in [-0.1, -0.05) is 66.7 Å². The molecule has 0 saturated carbocycles. The zero-order chi connectivity index (χ0) is 16.4. The van der Waals surface area contributed by atoms with E-state index in [9.17, 15) is 4.79 Å². The van der Waals surface area contributed by atoms with Crippen LogP contribution in [0.15, 0.2) is 72.9 Å². The van der Waals surface area contributed by atoms with Crippen LogP contribution in [0.2, 0.25) is 0 Å². The number of ketones is 1. The Kier molecular flexibility index (Phi) is 3.96. The van der Waals surface area contributed by atoms with Crippen LogP contribution in [-0.4, -0.2) is 10.8 Å². The zero-order valence-corrected chi connectivity index (χ0v) is 13.5. The van der Waals surface area contributed by atoms with Crippen molar-refractivity contribution in [2.45, 2.75) is 19.3 Å². The predicted octanol–water partition coefficient (Wildman–Crippen LogP) is 5.44. The van der Waals surface area contributed by atoms with Crippen LogP contribution >= 0.6 is 0 Å². The first-order chi connectivity index (χ1) is 11.8. The molecule has 1 aromatic heterocycles. The summed E-state index contributed by atoms with van der Waals surface area (Å²) in [7, 11) is 0. The van der Waals surface area contributed by atoms with E-state index in [4.69, 9.17) is 0 Å². The number of rotatable bonds is 3. The van der Waals surface area contributed by atoms with Gasteiger partial charge < -0.3 is 0 Å². The van der Waals surface area contributed by atoms with Crippen molar-refractivity contribution in [3.8, 4) is 11.3 Å². The smallest absolute Gasteiger partial charge is 0.169 e. The molecule has 0 amide bonds. The van der Waals surface area contributed by atoms with Crippen molar-refractivity contribution in [1.29, 1.82) is 0 Å². The Bertz CT molecular complexity index is 912. The quantitative estimate of drug-likeness (QED) is 0.476. The summed E-state index contributed by atoms with van der Waals surface area (Å²) >= 11 is 0. The number of fused-ring (bicyclic) bond motifs is 1. The molecule has 1 heterocycles. The maximum Gasteiger partial charge on any atom is 0.169 e. The molecule has 2 heteroatoms. The number of allylic oxidation sites excluding steroid dienone is 2. The van der Waals surface area contributed by atoms with Gasteiger partial charge in [0, 0.05) is 23.1 Å². The van der Waals surface area contributed by atoms with E-state index >= 15 is 0 Å². The van der Waals surface area contributed by atoms with Crippen LogP contribution in [0.5, 0.6) is 0 Å². The molecule has 0 radical (unpaired) electrons. The molecule has 1 aliphatic rings. The maximum atomic E-state index is 13.3.